The summed E-state index contributed by atoms with van der Waals surface area (Å²) in [5.41, 5.74) is 8.71. The van der Waals surface area contributed by atoms with E-state index in [1.807, 2.05) is 0 Å². The smallest absolute Gasteiger partial charge is 0.408 e. The molecule has 4 nitrogen and oxygen atoms in total. The number of hydrogen-bond acceptors (Lipinski definition) is 3. The van der Waals surface area contributed by atoms with E-state index in [0.717, 1.165) is 5.56 Å². The van der Waals surface area contributed by atoms with Crippen molar-refractivity contribution in [2.24, 2.45) is 12.8 Å². The van der Waals surface area contributed by atoms with Crippen LogP contribution in [0, 0.1) is 5.82 Å². The Morgan fingerprint density at radius 2 is 2.00 bits per heavy atom. The molecule has 3 aromatic rings. The highest BCUT2D eigenvalue weighted by Gasteiger charge is 2.14. The van der Waals surface area contributed by atoms with Crippen molar-refractivity contribution in [2.45, 2.75) is 6.04 Å². The minimum Gasteiger partial charge on any atom is -0.408 e. The van der Waals surface area contributed by atoms with Crippen LogP contribution in [0.3, 0.4) is 0 Å². The standard InChI is InChI=1S/C15H12BrFN2O2/c1-19-12-3-2-8(6-13(12)21-15(19)20)14(18)9-4-10(16)7-11(17)5-9/h2-7,14H,18H2,1H3. The number of aromatic nitrogens is 1. The first-order chi connectivity index (χ1) is 9.95. The van der Waals surface area contributed by atoms with Crippen LogP contribution in [-0.2, 0) is 7.05 Å². The molecule has 0 bridgehead atoms. The molecule has 0 fully saturated rings. The molecule has 1 heterocycles. The third-order valence-corrected chi connectivity index (χ3v) is 3.88. The molecule has 1 aromatic heterocycles. The lowest BCUT2D eigenvalue weighted by molar-refractivity contribution is 0.527. The fraction of sp³-hybridized carbons (Fsp3) is 0.133. The SMILES string of the molecule is Cn1c(=O)oc2cc(C(N)c3cc(F)cc(Br)c3)ccc21. The van der Waals surface area contributed by atoms with Crippen LogP contribution < -0.4 is 11.5 Å². The van der Waals surface area contributed by atoms with Crippen molar-refractivity contribution in [2.75, 3.05) is 0 Å². The molecule has 0 aliphatic carbocycles. The largest absolute Gasteiger partial charge is 0.419 e. The van der Waals surface area contributed by atoms with E-state index in [9.17, 15) is 9.18 Å². The van der Waals surface area contributed by atoms with Gasteiger partial charge in [-0.15, -0.1) is 0 Å². The summed E-state index contributed by atoms with van der Waals surface area (Å²) in [5.74, 6) is -0.786. The first kappa shape index (κ1) is 14.0. The van der Waals surface area contributed by atoms with Crippen molar-refractivity contribution < 1.29 is 8.81 Å². The Labute approximate surface area is 128 Å². The Morgan fingerprint density at radius 1 is 1.24 bits per heavy atom. The van der Waals surface area contributed by atoms with E-state index in [1.54, 1.807) is 31.3 Å². The van der Waals surface area contributed by atoms with Gasteiger partial charge in [-0.3, -0.25) is 4.57 Å². The van der Waals surface area contributed by atoms with Crippen LogP contribution in [0.2, 0.25) is 0 Å². The minimum atomic E-state index is -0.507. The summed E-state index contributed by atoms with van der Waals surface area (Å²) in [6, 6.07) is 9.30. The number of aryl methyl sites for hydroxylation is 1. The maximum Gasteiger partial charge on any atom is 0.419 e. The average molecular weight is 351 g/mol. The highest BCUT2D eigenvalue weighted by molar-refractivity contribution is 9.10. The third-order valence-electron chi connectivity index (χ3n) is 3.42. The van der Waals surface area contributed by atoms with Crippen molar-refractivity contribution in [3.63, 3.8) is 0 Å². The van der Waals surface area contributed by atoms with Gasteiger partial charge in [0, 0.05) is 11.5 Å². The fourth-order valence-electron chi connectivity index (χ4n) is 2.29. The highest BCUT2D eigenvalue weighted by Crippen LogP contribution is 2.26. The van der Waals surface area contributed by atoms with E-state index in [2.05, 4.69) is 15.9 Å². The molecule has 108 valence electrons. The number of oxazole rings is 1. The van der Waals surface area contributed by atoms with E-state index < -0.39 is 11.8 Å². The molecule has 0 aliphatic rings. The Morgan fingerprint density at radius 3 is 2.71 bits per heavy atom. The molecule has 0 radical (unpaired) electrons. The van der Waals surface area contributed by atoms with Crippen LogP contribution in [-0.4, -0.2) is 4.57 Å². The van der Waals surface area contributed by atoms with Crippen molar-refractivity contribution in [3.8, 4) is 0 Å². The van der Waals surface area contributed by atoms with Crippen molar-refractivity contribution in [1.82, 2.24) is 4.57 Å². The maximum atomic E-state index is 13.5. The molecule has 0 aliphatic heterocycles. The van der Waals surface area contributed by atoms with Crippen molar-refractivity contribution in [3.05, 3.63) is 68.4 Å². The molecule has 6 heteroatoms. The predicted molar refractivity (Wildman–Crippen MR) is 81.6 cm³/mol. The number of fused-ring (bicyclic) bond motifs is 1. The maximum absolute atomic E-state index is 13.5. The van der Waals surface area contributed by atoms with Gasteiger partial charge in [-0.2, -0.15) is 0 Å². The zero-order valence-corrected chi connectivity index (χ0v) is 12.7. The summed E-state index contributed by atoms with van der Waals surface area (Å²) in [7, 11) is 1.64. The lowest BCUT2D eigenvalue weighted by atomic mass is 9.99. The summed E-state index contributed by atoms with van der Waals surface area (Å²) in [6.45, 7) is 0. The normalized spacial score (nSPS) is 12.8. The van der Waals surface area contributed by atoms with Gasteiger partial charge in [-0.1, -0.05) is 22.0 Å². The van der Waals surface area contributed by atoms with Crippen molar-refractivity contribution in [1.29, 1.82) is 0 Å². The molecule has 2 aromatic carbocycles. The number of hydrogen-bond donors (Lipinski definition) is 1. The lowest BCUT2D eigenvalue weighted by Crippen LogP contribution is -2.12. The van der Waals surface area contributed by atoms with Crippen molar-refractivity contribution >= 4 is 27.0 Å². The van der Waals surface area contributed by atoms with Crippen LogP contribution >= 0.6 is 15.9 Å². The molecule has 0 saturated carbocycles. The quantitative estimate of drug-likeness (QED) is 0.772. The van der Waals surface area contributed by atoms with Crippen LogP contribution in [0.5, 0.6) is 0 Å². The zero-order chi connectivity index (χ0) is 15.1. The lowest BCUT2D eigenvalue weighted by Gasteiger charge is -2.13. The first-order valence-corrected chi connectivity index (χ1v) is 7.06. The Bertz CT molecular complexity index is 865. The molecule has 0 spiro atoms. The number of benzene rings is 2. The van der Waals surface area contributed by atoms with Gasteiger partial charge in [0.05, 0.1) is 11.6 Å². The van der Waals surface area contributed by atoms with Gasteiger partial charge in [-0.25, -0.2) is 9.18 Å². The zero-order valence-electron chi connectivity index (χ0n) is 11.1. The third kappa shape index (κ3) is 2.52. The number of nitrogens with two attached hydrogens (primary N) is 1. The molecule has 1 unspecified atom stereocenters. The van der Waals surface area contributed by atoms with Crippen LogP contribution in [0.25, 0.3) is 11.1 Å². The first-order valence-electron chi connectivity index (χ1n) is 6.27. The number of rotatable bonds is 2. The van der Waals surface area contributed by atoms with Crippen LogP contribution in [0.15, 0.2) is 50.1 Å². The number of halogens is 2. The molecule has 21 heavy (non-hydrogen) atoms. The highest BCUT2D eigenvalue weighted by atomic mass is 79.9. The predicted octanol–water partition coefficient (Wildman–Crippen LogP) is 3.08. The van der Waals surface area contributed by atoms with Gasteiger partial charge in [-0.05, 0) is 41.5 Å². The second-order valence-electron chi connectivity index (χ2n) is 4.83. The van der Waals surface area contributed by atoms with E-state index in [4.69, 9.17) is 10.2 Å². The fourth-order valence-corrected chi connectivity index (χ4v) is 2.77. The molecular weight excluding hydrogens is 339 g/mol. The van der Waals surface area contributed by atoms with Gasteiger partial charge in [0.2, 0.25) is 0 Å². The van der Waals surface area contributed by atoms with Crippen LogP contribution in [0.4, 0.5) is 4.39 Å². The summed E-state index contributed by atoms with van der Waals surface area (Å²) in [5, 5.41) is 0. The van der Waals surface area contributed by atoms with Crippen LogP contribution in [0.1, 0.15) is 17.2 Å². The van der Waals surface area contributed by atoms with Gasteiger partial charge >= 0.3 is 5.76 Å². The average Bonchev–Trinajstić information content (AvgIpc) is 2.71. The summed E-state index contributed by atoms with van der Waals surface area (Å²) < 4.78 is 20.7. The summed E-state index contributed by atoms with van der Waals surface area (Å²) >= 11 is 3.25. The number of nitrogens with zero attached hydrogens (tertiary/aromatic N) is 1. The van der Waals surface area contributed by atoms with Gasteiger partial charge < -0.3 is 10.2 Å². The Hall–Kier alpha value is -1.92. The summed E-state index contributed by atoms with van der Waals surface area (Å²) in [4.78, 5) is 11.5. The molecular formula is C15H12BrFN2O2. The van der Waals surface area contributed by atoms with Gasteiger partial charge in [0.25, 0.3) is 0 Å². The van der Waals surface area contributed by atoms with Gasteiger partial charge in [0.1, 0.15) is 5.82 Å². The monoisotopic (exact) mass is 350 g/mol. The second kappa shape index (κ2) is 5.13. The molecule has 0 amide bonds. The van der Waals surface area contributed by atoms with E-state index in [1.165, 1.54) is 16.7 Å². The molecule has 3 rings (SSSR count). The van der Waals surface area contributed by atoms with Gasteiger partial charge in [0.15, 0.2) is 5.58 Å². The molecule has 0 saturated heterocycles. The second-order valence-corrected chi connectivity index (χ2v) is 5.75. The topological polar surface area (TPSA) is 61.2 Å². The summed E-state index contributed by atoms with van der Waals surface area (Å²) in [6.07, 6.45) is 0. The van der Waals surface area contributed by atoms with E-state index in [0.29, 0.717) is 21.1 Å². The van der Waals surface area contributed by atoms with E-state index >= 15 is 0 Å². The van der Waals surface area contributed by atoms with E-state index in [-0.39, 0.29) is 5.82 Å². The molecule has 1 atom stereocenters. The minimum absolute atomic E-state index is 0.359. The Kier molecular flexibility index (Phi) is 3.43. The Balaban J connectivity index is 2.08. The molecule has 2 N–H and O–H groups in total.